The van der Waals surface area contributed by atoms with Gasteiger partial charge in [-0.15, -0.1) is 0 Å². The quantitative estimate of drug-likeness (QED) is 0.883. The highest BCUT2D eigenvalue weighted by molar-refractivity contribution is 5.89. The summed E-state index contributed by atoms with van der Waals surface area (Å²) in [5.41, 5.74) is -2.25. The first-order chi connectivity index (χ1) is 11.1. The molecule has 0 aliphatic carbocycles. The summed E-state index contributed by atoms with van der Waals surface area (Å²) in [6.07, 6.45) is -2.59. The summed E-state index contributed by atoms with van der Waals surface area (Å²) in [6.45, 7) is 3.53. The molecule has 0 unspecified atom stereocenters. The fraction of sp³-hybridized carbons (Fsp3) is 0.600. The van der Waals surface area contributed by atoms with E-state index in [2.05, 4.69) is 12.2 Å². The number of aromatic amines is 1. The van der Waals surface area contributed by atoms with E-state index in [1.165, 1.54) is 4.90 Å². The van der Waals surface area contributed by atoms with Gasteiger partial charge in [0.2, 0.25) is 0 Å². The van der Waals surface area contributed by atoms with Crippen LogP contribution in [0.1, 0.15) is 25.3 Å². The SMILES string of the molecule is COCC1(C)CCN(C(=O)Nc2cc(C(F)(F)F)c[nH]c2=O)CC1. The van der Waals surface area contributed by atoms with Crippen molar-refractivity contribution < 1.29 is 22.7 Å². The summed E-state index contributed by atoms with van der Waals surface area (Å²) in [7, 11) is 1.62. The van der Waals surface area contributed by atoms with Crippen molar-refractivity contribution in [3.05, 3.63) is 28.2 Å². The number of amides is 2. The van der Waals surface area contributed by atoms with Crippen molar-refractivity contribution in [1.29, 1.82) is 0 Å². The van der Waals surface area contributed by atoms with Crippen molar-refractivity contribution in [3.8, 4) is 0 Å². The number of carbonyl (C=O) groups is 1. The average molecular weight is 347 g/mol. The van der Waals surface area contributed by atoms with Crippen molar-refractivity contribution >= 4 is 11.7 Å². The molecule has 0 aromatic carbocycles. The van der Waals surface area contributed by atoms with Crippen molar-refractivity contribution in [2.75, 3.05) is 32.1 Å². The van der Waals surface area contributed by atoms with Gasteiger partial charge in [-0.05, 0) is 24.3 Å². The molecule has 9 heteroatoms. The Balaban J connectivity index is 2.05. The van der Waals surface area contributed by atoms with Gasteiger partial charge in [-0.1, -0.05) is 6.92 Å². The summed E-state index contributed by atoms with van der Waals surface area (Å²) in [5.74, 6) is 0. The Morgan fingerprint density at radius 1 is 1.42 bits per heavy atom. The minimum atomic E-state index is -4.60. The number of halogens is 3. The normalized spacial score (nSPS) is 17.6. The van der Waals surface area contributed by atoms with E-state index in [0.29, 0.717) is 44.8 Å². The molecule has 2 N–H and O–H groups in total. The number of hydrogen-bond acceptors (Lipinski definition) is 3. The predicted molar refractivity (Wildman–Crippen MR) is 81.9 cm³/mol. The third kappa shape index (κ3) is 4.28. The van der Waals surface area contributed by atoms with Crippen molar-refractivity contribution in [3.63, 3.8) is 0 Å². The summed E-state index contributed by atoms with van der Waals surface area (Å²) in [4.78, 5) is 27.3. The summed E-state index contributed by atoms with van der Waals surface area (Å²) < 4.78 is 43.2. The number of alkyl halides is 3. The van der Waals surface area contributed by atoms with Crippen LogP contribution in [0.15, 0.2) is 17.1 Å². The lowest BCUT2D eigenvalue weighted by Crippen LogP contribution is -2.45. The zero-order valence-corrected chi connectivity index (χ0v) is 13.5. The summed E-state index contributed by atoms with van der Waals surface area (Å²) in [6, 6.07) is 0.0507. The van der Waals surface area contributed by atoms with Gasteiger partial charge in [0.25, 0.3) is 5.56 Å². The fourth-order valence-corrected chi connectivity index (χ4v) is 2.68. The monoisotopic (exact) mass is 347 g/mol. The molecule has 1 saturated heterocycles. The number of rotatable bonds is 3. The highest BCUT2D eigenvalue weighted by Gasteiger charge is 2.33. The van der Waals surface area contributed by atoms with Crippen molar-refractivity contribution in [1.82, 2.24) is 9.88 Å². The van der Waals surface area contributed by atoms with Crippen LogP contribution in [0.2, 0.25) is 0 Å². The zero-order chi connectivity index (χ0) is 18.0. The number of aromatic nitrogens is 1. The number of pyridine rings is 1. The van der Waals surface area contributed by atoms with E-state index in [0.717, 1.165) is 0 Å². The molecule has 1 fully saturated rings. The number of H-pyrrole nitrogens is 1. The first-order valence-corrected chi connectivity index (χ1v) is 7.49. The lowest BCUT2D eigenvalue weighted by Gasteiger charge is -2.38. The standard InChI is InChI=1S/C15H20F3N3O3/c1-14(9-24-2)3-5-21(6-4-14)13(23)20-11-7-10(15(16,17)18)8-19-12(11)22/h7-8H,3-6,9H2,1-2H3,(H,19,22)(H,20,23). The number of anilines is 1. The first kappa shape index (κ1) is 18.3. The van der Waals surface area contributed by atoms with Crippen LogP contribution in [0, 0.1) is 5.41 Å². The molecule has 2 rings (SSSR count). The third-order valence-corrected chi connectivity index (χ3v) is 4.22. The molecule has 0 saturated carbocycles. The average Bonchev–Trinajstić information content (AvgIpc) is 2.49. The lowest BCUT2D eigenvalue weighted by molar-refractivity contribution is -0.137. The molecule has 0 spiro atoms. The Hall–Kier alpha value is -2.03. The first-order valence-electron chi connectivity index (χ1n) is 7.49. The molecule has 1 aromatic heterocycles. The molecule has 1 aliphatic rings. The van der Waals surface area contributed by atoms with Gasteiger partial charge in [0.05, 0.1) is 12.2 Å². The maximum absolute atomic E-state index is 12.7. The fourth-order valence-electron chi connectivity index (χ4n) is 2.68. The van der Waals surface area contributed by atoms with Crippen LogP contribution in [0.3, 0.4) is 0 Å². The number of carbonyl (C=O) groups excluding carboxylic acids is 1. The molecular formula is C15H20F3N3O3. The Bertz CT molecular complexity index is 649. The van der Waals surface area contributed by atoms with Crippen LogP contribution in [-0.4, -0.2) is 42.7 Å². The predicted octanol–water partition coefficient (Wildman–Crippen LogP) is 2.67. The summed E-state index contributed by atoms with van der Waals surface area (Å²) >= 11 is 0. The molecule has 2 amide bonds. The number of urea groups is 1. The van der Waals surface area contributed by atoms with E-state index in [-0.39, 0.29) is 5.41 Å². The van der Waals surface area contributed by atoms with Crippen LogP contribution in [0.5, 0.6) is 0 Å². The van der Waals surface area contributed by atoms with Gasteiger partial charge in [0.1, 0.15) is 5.69 Å². The Morgan fingerprint density at radius 3 is 2.58 bits per heavy atom. The van der Waals surface area contributed by atoms with E-state index in [9.17, 15) is 22.8 Å². The number of nitrogens with zero attached hydrogens (tertiary/aromatic N) is 1. The third-order valence-electron chi connectivity index (χ3n) is 4.22. The van der Waals surface area contributed by atoms with Gasteiger partial charge in [0.15, 0.2) is 0 Å². The molecule has 0 bridgehead atoms. The molecule has 2 heterocycles. The maximum atomic E-state index is 12.7. The van der Waals surface area contributed by atoms with Gasteiger partial charge in [-0.25, -0.2) is 4.79 Å². The van der Waals surface area contributed by atoms with Crippen molar-refractivity contribution in [2.45, 2.75) is 25.9 Å². The smallest absolute Gasteiger partial charge is 0.384 e. The van der Waals surface area contributed by atoms with E-state index in [1.807, 2.05) is 4.98 Å². The lowest BCUT2D eigenvalue weighted by atomic mass is 9.81. The molecule has 0 atom stereocenters. The molecule has 0 radical (unpaired) electrons. The van der Waals surface area contributed by atoms with Crippen LogP contribution >= 0.6 is 0 Å². The van der Waals surface area contributed by atoms with E-state index in [4.69, 9.17) is 4.74 Å². The minimum absolute atomic E-state index is 0.0286. The van der Waals surface area contributed by atoms with E-state index in [1.54, 1.807) is 7.11 Å². The van der Waals surface area contributed by atoms with Gasteiger partial charge < -0.3 is 19.9 Å². The van der Waals surface area contributed by atoms with Gasteiger partial charge in [-0.3, -0.25) is 4.79 Å². The van der Waals surface area contributed by atoms with Gasteiger partial charge in [0, 0.05) is 26.4 Å². The molecule has 1 aromatic rings. The Labute approximate surface area is 137 Å². The largest absolute Gasteiger partial charge is 0.417 e. The molecule has 6 nitrogen and oxygen atoms in total. The second-order valence-electron chi connectivity index (χ2n) is 6.29. The van der Waals surface area contributed by atoms with Crippen LogP contribution in [-0.2, 0) is 10.9 Å². The second kappa shape index (κ2) is 6.84. The topological polar surface area (TPSA) is 74.4 Å². The summed E-state index contributed by atoms with van der Waals surface area (Å²) in [5, 5.41) is 2.26. The van der Waals surface area contributed by atoms with E-state index >= 15 is 0 Å². The van der Waals surface area contributed by atoms with Gasteiger partial charge in [-0.2, -0.15) is 13.2 Å². The number of ether oxygens (including phenoxy) is 1. The maximum Gasteiger partial charge on any atom is 0.417 e. The molecule has 1 aliphatic heterocycles. The Morgan fingerprint density at radius 2 is 2.04 bits per heavy atom. The number of likely N-dealkylation sites (tertiary alicyclic amines) is 1. The second-order valence-corrected chi connectivity index (χ2v) is 6.29. The van der Waals surface area contributed by atoms with Crippen molar-refractivity contribution in [2.24, 2.45) is 5.41 Å². The minimum Gasteiger partial charge on any atom is -0.384 e. The number of hydrogen-bond donors (Lipinski definition) is 2. The van der Waals surface area contributed by atoms with Crippen LogP contribution in [0.4, 0.5) is 23.7 Å². The van der Waals surface area contributed by atoms with Gasteiger partial charge >= 0.3 is 12.2 Å². The highest BCUT2D eigenvalue weighted by atomic mass is 19.4. The molecule has 24 heavy (non-hydrogen) atoms. The van der Waals surface area contributed by atoms with Crippen LogP contribution in [0.25, 0.3) is 0 Å². The Kier molecular flexibility index (Phi) is 5.22. The molecular weight excluding hydrogens is 327 g/mol. The molecule has 134 valence electrons. The van der Waals surface area contributed by atoms with E-state index < -0.39 is 29.0 Å². The number of nitrogens with one attached hydrogen (secondary N) is 2. The number of piperidine rings is 1. The zero-order valence-electron chi connectivity index (χ0n) is 13.5. The highest BCUT2D eigenvalue weighted by Crippen LogP contribution is 2.31. The number of methoxy groups -OCH3 is 1. The van der Waals surface area contributed by atoms with Crippen LogP contribution < -0.4 is 10.9 Å².